The lowest BCUT2D eigenvalue weighted by Crippen LogP contribution is -2.45. The molecule has 1 atom stereocenters. The number of amides is 1. The van der Waals surface area contributed by atoms with Crippen molar-refractivity contribution in [2.24, 2.45) is 0 Å². The normalized spacial score (nSPS) is 17.2. The standard InChI is InChI=1S/C14H24N4O/c1-12(14(19)18-7-4-5-8-18)16(3)10-11-17-9-6-15-13(17)2/h6,9,12H,4-5,7-8,10-11H2,1-3H3/t12-/m0/s1. The molecule has 19 heavy (non-hydrogen) atoms. The average molecular weight is 264 g/mol. The lowest BCUT2D eigenvalue weighted by Gasteiger charge is -2.28. The molecule has 0 aliphatic carbocycles. The summed E-state index contributed by atoms with van der Waals surface area (Å²) in [7, 11) is 2.02. The Kier molecular flexibility index (Phi) is 4.58. The molecule has 0 radical (unpaired) electrons. The van der Waals surface area contributed by atoms with Crippen molar-refractivity contribution in [3.05, 3.63) is 18.2 Å². The van der Waals surface area contributed by atoms with Gasteiger partial charge >= 0.3 is 0 Å². The van der Waals surface area contributed by atoms with Gasteiger partial charge in [-0.2, -0.15) is 0 Å². The van der Waals surface area contributed by atoms with Crippen molar-refractivity contribution in [1.82, 2.24) is 19.4 Å². The maximum atomic E-state index is 12.3. The Morgan fingerprint density at radius 2 is 2.16 bits per heavy atom. The Morgan fingerprint density at radius 1 is 1.47 bits per heavy atom. The highest BCUT2D eigenvalue weighted by atomic mass is 16.2. The fraction of sp³-hybridized carbons (Fsp3) is 0.714. The summed E-state index contributed by atoms with van der Waals surface area (Å²) in [5.74, 6) is 1.29. The Labute approximate surface area is 115 Å². The van der Waals surface area contributed by atoms with E-state index in [1.165, 1.54) is 0 Å². The van der Waals surface area contributed by atoms with Crippen molar-refractivity contribution in [3.8, 4) is 0 Å². The summed E-state index contributed by atoms with van der Waals surface area (Å²) < 4.78 is 2.11. The van der Waals surface area contributed by atoms with Crippen LogP contribution in [0, 0.1) is 6.92 Å². The molecule has 5 nitrogen and oxygen atoms in total. The number of likely N-dealkylation sites (N-methyl/N-ethyl adjacent to an activating group) is 1. The lowest BCUT2D eigenvalue weighted by atomic mass is 10.2. The van der Waals surface area contributed by atoms with Crippen LogP contribution in [-0.4, -0.2) is 58.0 Å². The highest BCUT2D eigenvalue weighted by Crippen LogP contribution is 2.11. The Hall–Kier alpha value is -1.36. The van der Waals surface area contributed by atoms with Gasteiger partial charge in [-0.1, -0.05) is 0 Å². The molecule has 1 fully saturated rings. The first-order chi connectivity index (χ1) is 9.09. The minimum Gasteiger partial charge on any atom is -0.341 e. The molecule has 2 rings (SSSR count). The van der Waals surface area contributed by atoms with Gasteiger partial charge in [0.05, 0.1) is 6.04 Å². The van der Waals surface area contributed by atoms with Gasteiger partial charge in [0.25, 0.3) is 0 Å². The van der Waals surface area contributed by atoms with Crippen LogP contribution in [-0.2, 0) is 11.3 Å². The Balaban J connectivity index is 1.83. The second-order valence-corrected chi connectivity index (χ2v) is 5.36. The van der Waals surface area contributed by atoms with Crippen molar-refractivity contribution in [3.63, 3.8) is 0 Å². The second-order valence-electron chi connectivity index (χ2n) is 5.36. The van der Waals surface area contributed by atoms with Crippen molar-refractivity contribution in [2.75, 3.05) is 26.7 Å². The molecule has 2 heterocycles. The van der Waals surface area contributed by atoms with Crippen LogP contribution in [0.4, 0.5) is 0 Å². The van der Waals surface area contributed by atoms with E-state index in [9.17, 15) is 4.79 Å². The zero-order chi connectivity index (χ0) is 13.8. The van der Waals surface area contributed by atoms with Crippen LogP contribution in [0.15, 0.2) is 12.4 Å². The fourth-order valence-corrected chi connectivity index (χ4v) is 2.49. The van der Waals surface area contributed by atoms with E-state index >= 15 is 0 Å². The van der Waals surface area contributed by atoms with Crippen molar-refractivity contribution in [1.29, 1.82) is 0 Å². The molecule has 1 amide bonds. The number of aryl methyl sites for hydroxylation is 1. The van der Waals surface area contributed by atoms with Gasteiger partial charge in [0.15, 0.2) is 0 Å². The summed E-state index contributed by atoms with van der Waals surface area (Å²) in [6.45, 7) is 7.59. The largest absolute Gasteiger partial charge is 0.341 e. The third-order valence-corrected chi connectivity index (χ3v) is 4.05. The molecular weight excluding hydrogens is 240 g/mol. The third kappa shape index (κ3) is 3.35. The first-order valence-electron chi connectivity index (χ1n) is 7.06. The monoisotopic (exact) mass is 264 g/mol. The summed E-state index contributed by atoms with van der Waals surface area (Å²) in [4.78, 5) is 20.6. The van der Waals surface area contributed by atoms with Gasteiger partial charge in [-0.3, -0.25) is 9.69 Å². The minimum absolute atomic E-state index is 0.0399. The predicted molar refractivity (Wildman–Crippen MR) is 74.9 cm³/mol. The van der Waals surface area contributed by atoms with Crippen molar-refractivity contribution in [2.45, 2.75) is 39.3 Å². The van der Waals surface area contributed by atoms with Gasteiger partial charge in [-0.15, -0.1) is 0 Å². The summed E-state index contributed by atoms with van der Waals surface area (Å²) in [6, 6.07) is -0.0399. The molecule has 1 aliphatic heterocycles. The van der Waals surface area contributed by atoms with Crippen LogP contribution in [0.2, 0.25) is 0 Å². The smallest absolute Gasteiger partial charge is 0.239 e. The second kappa shape index (κ2) is 6.19. The molecule has 1 aromatic rings. The first-order valence-corrected chi connectivity index (χ1v) is 7.06. The molecular formula is C14H24N4O. The van der Waals surface area contributed by atoms with Gasteiger partial charge in [0.1, 0.15) is 5.82 Å². The Bertz CT molecular complexity index is 423. The number of nitrogens with zero attached hydrogens (tertiary/aromatic N) is 4. The van der Waals surface area contributed by atoms with Gasteiger partial charge in [0.2, 0.25) is 5.91 Å². The SMILES string of the molecule is Cc1nccn1CCN(C)[C@@H](C)C(=O)N1CCCC1. The highest BCUT2D eigenvalue weighted by molar-refractivity contribution is 5.81. The number of hydrogen-bond donors (Lipinski definition) is 0. The summed E-state index contributed by atoms with van der Waals surface area (Å²) in [5, 5.41) is 0. The van der Waals surface area contributed by atoms with Gasteiger partial charge in [-0.05, 0) is 33.7 Å². The van der Waals surface area contributed by atoms with Crippen LogP contribution >= 0.6 is 0 Å². The zero-order valence-electron chi connectivity index (χ0n) is 12.2. The number of imidazole rings is 1. The van der Waals surface area contributed by atoms with E-state index in [0.717, 1.165) is 44.8 Å². The van der Waals surface area contributed by atoms with Crippen LogP contribution in [0.25, 0.3) is 0 Å². The average Bonchev–Trinajstić information content (AvgIpc) is 3.05. The molecule has 0 aromatic carbocycles. The van der Waals surface area contributed by atoms with E-state index < -0.39 is 0 Å². The fourth-order valence-electron chi connectivity index (χ4n) is 2.49. The molecule has 5 heteroatoms. The molecule has 1 aromatic heterocycles. The Morgan fingerprint density at radius 3 is 2.74 bits per heavy atom. The van der Waals surface area contributed by atoms with Crippen LogP contribution in [0.5, 0.6) is 0 Å². The number of hydrogen-bond acceptors (Lipinski definition) is 3. The van der Waals surface area contributed by atoms with E-state index in [4.69, 9.17) is 0 Å². The molecule has 0 N–H and O–H groups in total. The maximum Gasteiger partial charge on any atom is 0.239 e. The molecule has 0 saturated carbocycles. The van der Waals surface area contributed by atoms with E-state index in [0.29, 0.717) is 0 Å². The summed E-state index contributed by atoms with van der Waals surface area (Å²) in [6.07, 6.45) is 6.09. The molecule has 1 aliphatic rings. The minimum atomic E-state index is -0.0399. The van der Waals surface area contributed by atoms with Crippen LogP contribution in [0.1, 0.15) is 25.6 Å². The summed E-state index contributed by atoms with van der Waals surface area (Å²) in [5.41, 5.74) is 0. The zero-order valence-corrected chi connectivity index (χ0v) is 12.2. The van der Waals surface area contributed by atoms with E-state index in [2.05, 4.69) is 14.5 Å². The van der Waals surface area contributed by atoms with Gasteiger partial charge in [-0.25, -0.2) is 4.98 Å². The highest BCUT2D eigenvalue weighted by Gasteiger charge is 2.25. The van der Waals surface area contributed by atoms with Crippen LogP contribution in [0.3, 0.4) is 0 Å². The number of carbonyl (C=O) groups excluding carboxylic acids is 1. The topological polar surface area (TPSA) is 41.4 Å². The van der Waals surface area contributed by atoms with Crippen molar-refractivity contribution < 1.29 is 4.79 Å². The third-order valence-electron chi connectivity index (χ3n) is 4.05. The predicted octanol–water partition coefficient (Wildman–Crippen LogP) is 1.13. The molecule has 0 unspecified atom stereocenters. The first kappa shape index (κ1) is 14.1. The van der Waals surface area contributed by atoms with E-state index in [1.807, 2.05) is 38.2 Å². The van der Waals surface area contributed by atoms with Gasteiger partial charge in [0, 0.05) is 38.6 Å². The lowest BCUT2D eigenvalue weighted by molar-refractivity contribution is -0.134. The molecule has 0 spiro atoms. The molecule has 106 valence electrons. The maximum absolute atomic E-state index is 12.3. The van der Waals surface area contributed by atoms with Gasteiger partial charge < -0.3 is 9.47 Å². The number of rotatable bonds is 5. The number of carbonyl (C=O) groups is 1. The summed E-state index contributed by atoms with van der Waals surface area (Å²) >= 11 is 0. The molecule has 0 bridgehead atoms. The van der Waals surface area contributed by atoms with Crippen LogP contribution < -0.4 is 0 Å². The quantitative estimate of drug-likeness (QED) is 0.800. The number of likely N-dealkylation sites (tertiary alicyclic amines) is 1. The van der Waals surface area contributed by atoms with E-state index in [1.54, 1.807) is 0 Å². The number of aromatic nitrogens is 2. The molecule has 1 saturated heterocycles. The van der Waals surface area contributed by atoms with Crippen molar-refractivity contribution >= 4 is 5.91 Å². The van der Waals surface area contributed by atoms with E-state index in [-0.39, 0.29) is 11.9 Å².